The van der Waals surface area contributed by atoms with Crippen molar-refractivity contribution in [3.05, 3.63) is 171 Å². The van der Waals surface area contributed by atoms with E-state index in [4.69, 9.17) is 0 Å². The van der Waals surface area contributed by atoms with E-state index in [1.54, 1.807) is 60.7 Å². The number of nitrogens with zero attached hydrogens (tertiary/aromatic N) is 2. The van der Waals surface area contributed by atoms with Crippen LogP contribution in [0, 0.1) is 0 Å². The molecule has 1 saturated heterocycles. The number of para-hydroxylation sites is 2. The van der Waals surface area contributed by atoms with Crippen molar-refractivity contribution in [1.82, 2.24) is 14.9 Å². The highest BCUT2D eigenvalue weighted by atomic mass is 16.3. The van der Waals surface area contributed by atoms with Gasteiger partial charge in [-0.1, -0.05) is 103 Å². The maximum absolute atomic E-state index is 13.4. The molecular weight excluding hydrogens is 596 g/mol. The van der Waals surface area contributed by atoms with Crippen LogP contribution in [0.3, 0.4) is 0 Å². The molecule has 4 amide bonds. The van der Waals surface area contributed by atoms with Crippen molar-refractivity contribution in [1.29, 1.82) is 0 Å². The molecule has 0 atom stereocenters. The highest BCUT2D eigenvalue weighted by Crippen LogP contribution is 2.26. The molecule has 5 aromatic rings. The average molecular weight is 623 g/mol. The first-order chi connectivity index (χ1) is 22.8. The van der Waals surface area contributed by atoms with Crippen LogP contribution in [0.1, 0.15) is 11.1 Å². The molecule has 1 aliphatic heterocycles. The quantitative estimate of drug-likeness (QED) is 0.129. The topological polar surface area (TPSA) is 142 Å². The van der Waals surface area contributed by atoms with E-state index in [9.17, 15) is 29.1 Å². The number of hydrogen-bond donors (Lipinski definition) is 3. The molecule has 2 heterocycles. The number of allylic oxidation sites excluding steroid dienone is 4. The van der Waals surface area contributed by atoms with Gasteiger partial charge in [-0.05, 0) is 58.7 Å². The van der Waals surface area contributed by atoms with Gasteiger partial charge in [0.25, 0.3) is 17.4 Å². The van der Waals surface area contributed by atoms with Gasteiger partial charge in [0.2, 0.25) is 5.88 Å². The summed E-state index contributed by atoms with van der Waals surface area (Å²) in [5.74, 6) is -2.30. The Labute approximate surface area is 267 Å². The van der Waals surface area contributed by atoms with Gasteiger partial charge in [-0.2, -0.15) is 0 Å². The third kappa shape index (κ3) is 6.24. The molecule has 0 unspecified atom stereocenters. The van der Waals surface area contributed by atoms with Crippen LogP contribution in [0.2, 0.25) is 0 Å². The van der Waals surface area contributed by atoms with Crippen LogP contribution in [0.4, 0.5) is 10.5 Å². The van der Waals surface area contributed by atoms with E-state index in [1.165, 1.54) is 24.3 Å². The molecule has 4 aromatic carbocycles. The first-order valence-electron chi connectivity index (χ1n) is 14.5. The summed E-state index contributed by atoms with van der Waals surface area (Å²) in [6.07, 6.45) is 5.65. The maximum atomic E-state index is 13.4. The molecule has 230 valence electrons. The zero-order valence-electron chi connectivity index (χ0n) is 24.7. The van der Waals surface area contributed by atoms with Gasteiger partial charge in [0.05, 0.1) is 11.4 Å². The molecule has 0 spiro atoms. The van der Waals surface area contributed by atoms with Crippen molar-refractivity contribution in [2.45, 2.75) is 0 Å². The Morgan fingerprint density at radius 1 is 0.681 bits per heavy atom. The minimum absolute atomic E-state index is 0.194. The number of aromatic nitrogens is 2. The van der Waals surface area contributed by atoms with Crippen LogP contribution in [-0.2, 0) is 9.59 Å². The van der Waals surface area contributed by atoms with Crippen molar-refractivity contribution in [3.63, 3.8) is 0 Å². The number of barbiturate groups is 1. The molecule has 0 radical (unpaired) electrons. The molecule has 10 nitrogen and oxygen atoms in total. The number of nitrogens with one attached hydrogen (secondary N) is 2. The molecule has 10 heteroatoms. The van der Waals surface area contributed by atoms with Crippen molar-refractivity contribution >= 4 is 35.2 Å². The lowest BCUT2D eigenvalue weighted by Crippen LogP contribution is -2.54. The second-order valence-corrected chi connectivity index (χ2v) is 10.4. The van der Waals surface area contributed by atoms with Crippen molar-refractivity contribution < 1.29 is 19.5 Å². The number of imide groups is 2. The van der Waals surface area contributed by atoms with Crippen LogP contribution < -0.4 is 21.5 Å². The molecule has 0 saturated carbocycles. The first-order valence-corrected chi connectivity index (χ1v) is 14.5. The summed E-state index contributed by atoms with van der Waals surface area (Å²) in [6.45, 7) is 0. The maximum Gasteiger partial charge on any atom is 0.335 e. The summed E-state index contributed by atoms with van der Waals surface area (Å²) < 4.78 is 0.902. The number of aromatic hydroxyl groups is 1. The van der Waals surface area contributed by atoms with Crippen molar-refractivity contribution in [3.8, 4) is 22.7 Å². The summed E-state index contributed by atoms with van der Waals surface area (Å²) in [7, 11) is 0. The van der Waals surface area contributed by atoms with Crippen LogP contribution in [-0.4, -0.2) is 32.5 Å². The van der Waals surface area contributed by atoms with E-state index in [0.717, 1.165) is 20.6 Å². The molecule has 3 N–H and O–H groups in total. The number of benzene rings is 4. The van der Waals surface area contributed by atoms with Gasteiger partial charge in [0.15, 0.2) is 0 Å². The van der Waals surface area contributed by atoms with Crippen LogP contribution in [0.5, 0.6) is 5.88 Å². The third-order valence-corrected chi connectivity index (χ3v) is 7.43. The van der Waals surface area contributed by atoms with Gasteiger partial charge in [-0.25, -0.2) is 19.1 Å². The number of aromatic amines is 1. The minimum Gasteiger partial charge on any atom is -0.494 e. The summed E-state index contributed by atoms with van der Waals surface area (Å²) in [6, 6.07) is 32.8. The minimum atomic E-state index is -0.868. The van der Waals surface area contributed by atoms with Crippen LogP contribution in [0.25, 0.3) is 28.5 Å². The van der Waals surface area contributed by atoms with Crippen molar-refractivity contribution in [2.24, 2.45) is 0 Å². The SMILES string of the molecule is O=C1NC(=O)N(c2ccccc2)C(=O)/C1=C/C=C(C=Cc1c(O)[nH]c(=O)n(-c2ccccc2)c1=O)c1ccc(-c2ccccc2)cc1. The largest absolute Gasteiger partial charge is 0.494 e. The van der Waals surface area contributed by atoms with Gasteiger partial charge in [0.1, 0.15) is 11.1 Å². The monoisotopic (exact) mass is 622 g/mol. The fraction of sp³-hybridized carbons (Fsp3) is 0. The summed E-state index contributed by atoms with van der Waals surface area (Å²) in [5, 5.41) is 12.8. The molecule has 6 rings (SSSR count). The average Bonchev–Trinajstić information content (AvgIpc) is 3.08. The standard InChI is InChI=1S/C37H26N4O6/c42-32-30(34(44)40(36(46)38-32)28-12-6-2-7-13-28)22-20-27(26-18-16-25(17-19-26)24-10-4-1-5-11-24)21-23-31-33(43)39-37(47)41(35(31)45)29-14-8-3-9-15-29/h1-23,42H,(H,38,46)(H,39,43,47)/b22-20?,27-21?,31-23+. The Morgan fingerprint density at radius 3 is 1.89 bits per heavy atom. The number of H-pyrrole nitrogens is 1. The summed E-state index contributed by atoms with van der Waals surface area (Å²) in [4.78, 5) is 68.0. The Balaban J connectivity index is 1.44. The van der Waals surface area contributed by atoms with E-state index in [1.807, 2.05) is 54.6 Å². The van der Waals surface area contributed by atoms with Crippen molar-refractivity contribution in [2.75, 3.05) is 4.90 Å². The molecule has 47 heavy (non-hydrogen) atoms. The lowest BCUT2D eigenvalue weighted by molar-refractivity contribution is -0.122. The van der Waals surface area contributed by atoms with Gasteiger partial charge < -0.3 is 5.11 Å². The molecule has 1 fully saturated rings. The molecule has 0 bridgehead atoms. The van der Waals surface area contributed by atoms with Crippen LogP contribution in [0.15, 0.2) is 149 Å². The third-order valence-electron chi connectivity index (χ3n) is 7.43. The van der Waals surface area contributed by atoms with E-state index in [-0.39, 0.29) is 16.8 Å². The van der Waals surface area contributed by atoms with Gasteiger partial charge >= 0.3 is 11.7 Å². The number of amides is 4. The van der Waals surface area contributed by atoms with E-state index in [2.05, 4.69) is 10.3 Å². The van der Waals surface area contributed by atoms with E-state index >= 15 is 0 Å². The summed E-state index contributed by atoms with van der Waals surface area (Å²) in [5.41, 5.74) is 1.57. The predicted molar refractivity (Wildman–Crippen MR) is 179 cm³/mol. The fourth-order valence-electron chi connectivity index (χ4n) is 5.07. The van der Waals surface area contributed by atoms with Gasteiger partial charge in [-0.3, -0.25) is 24.7 Å². The Kier molecular flexibility index (Phi) is 8.39. The number of carbonyl (C=O) groups excluding carboxylic acids is 3. The van der Waals surface area contributed by atoms with Gasteiger partial charge in [-0.15, -0.1) is 0 Å². The van der Waals surface area contributed by atoms with Gasteiger partial charge in [0, 0.05) is 0 Å². The highest BCUT2D eigenvalue weighted by molar-refractivity contribution is 6.37. The number of carbonyl (C=O) groups is 3. The second-order valence-electron chi connectivity index (χ2n) is 10.4. The normalized spacial score (nSPS) is 14.6. The Morgan fingerprint density at radius 2 is 1.26 bits per heavy atom. The van der Waals surface area contributed by atoms with E-state index in [0.29, 0.717) is 16.8 Å². The zero-order chi connectivity index (χ0) is 32.9. The summed E-state index contributed by atoms with van der Waals surface area (Å²) >= 11 is 0. The predicted octanol–water partition coefficient (Wildman–Crippen LogP) is 5.20. The molecule has 0 aliphatic carbocycles. The second kappa shape index (κ2) is 13.0. The number of rotatable bonds is 7. The number of hydrogen-bond acceptors (Lipinski definition) is 6. The van der Waals surface area contributed by atoms with Crippen LogP contribution >= 0.6 is 0 Å². The molecule has 1 aliphatic rings. The Hall–Kier alpha value is -6.81. The zero-order valence-corrected chi connectivity index (χ0v) is 24.7. The Bertz CT molecular complexity index is 2200. The van der Waals surface area contributed by atoms with E-state index < -0.39 is 35.0 Å². The lowest BCUT2D eigenvalue weighted by Gasteiger charge is -2.26. The highest BCUT2D eigenvalue weighted by Gasteiger charge is 2.36. The molecular formula is C37H26N4O6. The fourth-order valence-corrected chi connectivity index (χ4v) is 5.07. The number of anilines is 1. The number of urea groups is 1. The first kappa shape index (κ1) is 30.2. The smallest absolute Gasteiger partial charge is 0.335 e. The lowest BCUT2D eigenvalue weighted by atomic mass is 9.98. The molecule has 1 aromatic heterocycles.